The van der Waals surface area contributed by atoms with Crippen LogP contribution in [0, 0.1) is 0 Å². The van der Waals surface area contributed by atoms with E-state index >= 15 is 0 Å². The standard InChI is InChI=1S/C11H17N3O2/c1-14(2)7-8-16-11(15)13-10-5-3-9(12)4-6-10/h3-6H,7-8,12H2,1-2H3,(H,13,15). The van der Waals surface area contributed by atoms with Gasteiger partial charge in [-0.25, -0.2) is 4.79 Å². The van der Waals surface area contributed by atoms with E-state index in [1.54, 1.807) is 24.3 Å². The zero-order valence-electron chi connectivity index (χ0n) is 9.56. The third kappa shape index (κ3) is 4.65. The molecule has 1 rings (SSSR count). The zero-order chi connectivity index (χ0) is 12.0. The molecule has 3 N–H and O–H groups in total. The van der Waals surface area contributed by atoms with Crippen LogP contribution in [-0.2, 0) is 4.74 Å². The molecule has 0 radical (unpaired) electrons. The Bertz CT molecular complexity index is 336. The van der Waals surface area contributed by atoms with Gasteiger partial charge in [0.05, 0.1) is 0 Å². The molecule has 1 amide bonds. The number of carbonyl (C=O) groups excluding carboxylic acids is 1. The number of likely N-dealkylation sites (N-methyl/N-ethyl adjacent to an activating group) is 1. The molecule has 1 aromatic rings. The van der Waals surface area contributed by atoms with Gasteiger partial charge in [-0.3, -0.25) is 5.32 Å². The van der Waals surface area contributed by atoms with Crippen LogP contribution >= 0.6 is 0 Å². The quantitative estimate of drug-likeness (QED) is 0.757. The van der Waals surface area contributed by atoms with E-state index in [0.717, 1.165) is 0 Å². The van der Waals surface area contributed by atoms with E-state index < -0.39 is 6.09 Å². The Morgan fingerprint density at radius 1 is 1.38 bits per heavy atom. The summed E-state index contributed by atoms with van der Waals surface area (Å²) in [5, 5.41) is 2.61. The number of nitrogens with one attached hydrogen (secondary N) is 1. The van der Waals surface area contributed by atoms with Crippen molar-refractivity contribution in [3.63, 3.8) is 0 Å². The van der Waals surface area contributed by atoms with Gasteiger partial charge in [0.1, 0.15) is 6.61 Å². The lowest BCUT2D eigenvalue weighted by atomic mass is 10.3. The van der Waals surface area contributed by atoms with Gasteiger partial charge in [0.25, 0.3) is 0 Å². The van der Waals surface area contributed by atoms with Gasteiger partial charge in [0.15, 0.2) is 0 Å². The Morgan fingerprint density at radius 2 is 2.00 bits per heavy atom. The maximum absolute atomic E-state index is 11.3. The summed E-state index contributed by atoms with van der Waals surface area (Å²) in [4.78, 5) is 13.2. The van der Waals surface area contributed by atoms with E-state index in [0.29, 0.717) is 24.5 Å². The van der Waals surface area contributed by atoms with Crippen LogP contribution in [0.25, 0.3) is 0 Å². The van der Waals surface area contributed by atoms with E-state index in [1.165, 1.54) is 0 Å². The highest BCUT2D eigenvalue weighted by Crippen LogP contribution is 2.10. The van der Waals surface area contributed by atoms with Crippen molar-refractivity contribution >= 4 is 17.5 Å². The van der Waals surface area contributed by atoms with Gasteiger partial charge < -0.3 is 15.4 Å². The van der Waals surface area contributed by atoms with Crippen LogP contribution in [0.4, 0.5) is 16.2 Å². The highest BCUT2D eigenvalue weighted by Gasteiger charge is 2.02. The van der Waals surface area contributed by atoms with Crippen molar-refractivity contribution in [1.29, 1.82) is 0 Å². The predicted molar refractivity (Wildman–Crippen MR) is 64.4 cm³/mol. The molecule has 0 aliphatic carbocycles. The summed E-state index contributed by atoms with van der Waals surface area (Å²) < 4.78 is 4.96. The number of hydrogen-bond acceptors (Lipinski definition) is 4. The number of amides is 1. The second-order valence-corrected chi connectivity index (χ2v) is 3.69. The first-order valence-electron chi connectivity index (χ1n) is 5.02. The molecule has 88 valence electrons. The van der Waals surface area contributed by atoms with Crippen LogP contribution in [0.1, 0.15) is 0 Å². The summed E-state index contributed by atoms with van der Waals surface area (Å²) in [5.41, 5.74) is 6.85. The van der Waals surface area contributed by atoms with Crippen molar-refractivity contribution in [1.82, 2.24) is 4.90 Å². The molecular weight excluding hydrogens is 206 g/mol. The smallest absolute Gasteiger partial charge is 0.411 e. The van der Waals surface area contributed by atoms with E-state index in [4.69, 9.17) is 10.5 Å². The number of carbonyl (C=O) groups is 1. The summed E-state index contributed by atoms with van der Waals surface area (Å²) in [6.45, 7) is 1.07. The highest BCUT2D eigenvalue weighted by atomic mass is 16.5. The predicted octanol–water partition coefficient (Wildman–Crippen LogP) is 1.38. The number of hydrogen-bond donors (Lipinski definition) is 2. The second-order valence-electron chi connectivity index (χ2n) is 3.69. The monoisotopic (exact) mass is 223 g/mol. The number of anilines is 2. The Balaban J connectivity index is 2.31. The van der Waals surface area contributed by atoms with Crippen LogP contribution in [0.2, 0.25) is 0 Å². The molecule has 0 heterocycles. The Hall–Kier alpha value is -1.75. The summed E-state index contributed by atoms with van der Waals surface area (Å²) in [7, 11) is 3.84. The van der Waals surface area contributed by atoms with Crippen molar-refractivity contribution < 1.29 is 9.53 Å². The number of nitrogen functional groups attached to an aromatic ring is 1. The lowest BCUT2D eigenvalue weighted by Gasteiger charge is -2.10. The highest BCUT2D eigenvalue weighted by molar-refractivity contribution is 5.84. The summed E-state index contributed by atoms with van der Waals surface area (Å²) in [6.07, 6.45) is -0.452. The topological polar surface area (TPSA) is 67.6 Å². The van der Waals surface area contributed by atoms with Crippen molar-refractivity contribution in [2.24, 2.45) is 0 Å². The molecule has 5 heteroatoms. The van der Waals surface area contributed by atoms with E-state index in [9.17, 15) is 4.79 Å². The van der Waals surface area contributed by atoms with Crippen LogP contribution in [-0.4, -0.2) is 38.2 Å². The minimum Gasteiger partial charge on any atom is -0.448 e. The van der Waals surface area contributed by atoms with E-state index in [2.05, 4.69) is 5.32 Å². The van der Waals surface area contributed by atoms with Gasteiger partial charge in [-0.05, 0) is 38.4 Å². The van der Waals surface area contributed by atoms with Gasteiger partial charge in [-0.2, -0.15) is 0 Å². The van der Waals surface area contributed by atoms with Crippen molar-refractivity contribution in [2.75, 3.05) is 38.3 Å². The summed E-state index contributed by atoms with van der Waals surface area (Å²) in [6, 6.07) is 6.88. The minimum atomic E-state index is -0.452. The minimum absolute atomic E-state index is 0.369. The third-order valence-electron chi connectivity index (χ3n) is 1.93. The molecule has 1 aromatic carbocycles. The molecule has 5 nitrogen and oxygen atoms in total. The maximum Gasteiger partial charge on any atom is 0.411 e. The van der Waals surface area contributed by atoms with E-state index in [-0.39, 0.29) is 0 Å². The molecule has 0 aromatic heterocycles. The van der Waals surface area contributed by atoms with Gasteiger partial charge in [-0.1, -0.05) is 0 Å². The number of rotatable bonds is 4. The Morgan fingerprint density at radius 3 is 2.56 bits per heavy atom. The number of ether oxygens (including phenoxy) is 1. The van der Waals surface area contributed by atoms with Gasteiger partial charge in [-0.15, -0.1) is 0 Å². The maximum atomic E-state index is 11.3. The van der Waals surface area contributed by atoms with E-state index in [1.807, 2.05) is 19.0 Å². The summed E-state index contributed by atoms with van der Waals surface area (Å²) >= 11 is 0. The largest absolute Gasteiger partial charge is 0.448 e. The Kier molecular flexibility index (Phi) is 4.60. The lowest BCUT2D eigenvalue weighted by Crippen LogP contribution is -2.22. The van der Waals surface area contributed by atoms with Crippen LogP contribution in [0.5, 0.6) is 0 Å². The van der Waals surface area contributed by atoms with Gasteiger partial charge >= 0.3 is 6.09 Å². The molecule has 0 saturated carbocycles. The second kappa shape index (κ2) is 5.97. The van der Waals surface area contributed by atoms with Crippen LogP contribution in [0.15, 0.2) is 24.3 Å². The molecular formula is C11H17N3O2. The molecule has 0 saturated heterocycles. The number of benzene rings is 1. The molecule has 0 unspecified atom stereocenters. The number of nitrogens with zero attached hydrogens (tertiary/aromatic N) is 1. The van der Waals surface area contributed by atoms with Crippen molar-refractivity contribution in [2.45, 2.75) is 0 Å². The first-order chi connectivity index (χ1) is 7.58. The molecule has 0 spiro atoms. The first kappa shape index (κ1) is 12.3. The zero-order valence-corrected chi connectivity index (χ0v) is 9.56. The molecule has 0 fully saturated rings. The van der Waals surface area contributed by atoms with Crippen molar-refractivity contribution in [3.8, 4) is 0 Å². The SMILES string of the molecule is CN(C)CCOC(=O)Nc1ccc(N)cc1. The van der Waals surface area contributed by atoms with Gasteiger partial charge in [0, 0.05) is 17.9 Å². The molecule has 0 aliphatic rings. The first-order valence-corrected chi connectivity index (χ1v) is 5.02. The lowest BCUT2D eigenvalue weighted by molar-refractivity contribution is 0.151. The van der Waals surface area contributed by atoms with Gasteiger partial charge in [0.2, 0.25) is 0 Å². The Labute approximate surface area is 95.2 Å². The average molecular weight is 223 g/mol. The van der Waals surface area contributed by atoms with Crippen LogP contribution in [0.3, 0.4) is 0 Å². The van der Waals surface area contributed by atoms with Crippen molar-refractivity contribution in [3.05, 3.63) is 24.3 Å². The normalized spacial score (nSPS) is 10.2. The summed E-state index contributed by atoms with van der Waals surface area (Å²) in [5.74, 6) is 0. The average Bonchev–Trinajstić information content (AvgIpc) is 2.21. The fourth-order valence-electron chi connectivity index (χ4n) is 1.04. The number of nitrogens with two attached hydrogens (primary N) is 1. The molecule has 0 aliphatic heterocycles. The molecule has 0 bridgehead atoms. The molecule has 0 atom stereocenters. The fourth-order valence-corrected chi connectivity index (χ4v) is 1.04. The fraction of sp³-hybridized carbons (Fsp3) is 0.364. The third-order valence-corrected chi connectivity index (χ3v) is 1.93. The van der Waals surface area contributed by atoms with Crippen LogP contribution < -0.4 is 11.1 Å². The molecule has 16 heavy (non-hydrogen) atoms.